The van der Waals surface area contributed by atoms with Crippen LogP contribution in [-0.4, -0.2) is 48.1 Å². The number of halogens is 1. The molecule has 2 rings (SSSR count). The van der Waals surface area contributed by atoms with E-state index in [0.29, 0.717) is 5.41 Å². The van der Waals surface area contributed by atoms with Gasteiger partial charge >= 0.3 is 0 Å². The molecule has 5 nitrogen and oxygen atoms in total. The molecule has 0 unspecified atom stereocenters. The summed E-state index contributed by atoms with van der Waals surface area (Å²) < 4.78 is 0. The van der Waals surface area contributed by atoms with E-state index in [0.717, 1.165) is 44.3 Å². The summed E-state index contributed by atoms with van der Waals surface area (Å²) in [5, 5.41) is 6.83. The van der Waals surface area contributed by atoms with Crippen LogP contribution in [-0.2, 0) is 0 Å². The molecule has 1 aromatic rings. The summed E-state index contributed by atoms with van der Waals surface area (Å²) >= 11 is 0. The molecule has 1 aliphatic heterocycles. The van der Waals surface area contributed by atoms with Gasteiger partial charge in [-0.1, -0.05) is 19.9 Å². The van der Waals surface area contributed by atoms with Gasteiger partial charge < -0.3 is 15.5 Å². The van der Waals surface area contributed by atoms with Gasteiger partial charge in [-0.15, -0.1) is 24.0 Å². The summed E-state index contributed by atoms with van der Waals surface area (Å²) in [5.74, 6) is 1.97. The lowest BCUT2D eigenvalue weighted by Crippen LogP contribution is -2.72. The third kappa shape index (κ3) is 4.74. The monoisotopic (exact) mass is 445 g/mol. The van der Waals surface area contributed by atoms with E-state index >= 15 is 0 Å². The minimum atomic E-state index is 0. The standard InChI is InChI=1S/C18H31N5.HI/c1-17(2)14-23(18(17,3)4)16(19-5)22-13-9-8-12-21-15-10-6-7-11-20-15;/h6-7,10-11H,8-9,12-14H2,1-5H3,(H,19,22)(H,20,21);1H. The highest BCUT2D eigenvalue weighted by Gasteiger charge is 2.53. The summed E-state index contributed by atoms with van der Waals surface area (Å²) in [6.07, 6.45) is 4.02. The molecular formula is C18H32IN5. The van der Waals surface area contributed by atoms with Crippen molar-refractivity contribution in [2.45, 2.75) is 46.1 Å². The van der Waals surface area contributed by atoms with E-state index in [-0.39, 0.29) is 29.5 Å². The molecule has 1 aliphatic rings. The lowest BCUT2D eigenvalue weighted by atomic mass is 9.65. The number of hydrogen-bond donors (Lipinski definition) is 2. The second-order valence-corrected chi connectivity index (χ2v) is 7.35. The summed E-state index contributed by atoms with van der Waals surface area (Å²) in [7, 11) is 1.87. The van der Waals surface area contributed by atoms with Crippen LogP contribution in [0.4, 0.5) is 5.82 Å². The van der Waals surface area contributed by atoms with Crippen molar-refractivity contribution in [3.8, 4) is 0 Å². The zero-order valence-corrected chi connectivity index (χ0v) is 17.9. The fraction of sp³-hybridized carbons (Fsp3) is 0.667. The lowest BCUT2D eigenvalue weighted by Gasteiger charge is -2.62. The van der Waals surface area contributed by atoms with Gasteiger partial charge in [0.2, 0.25) is 0 Å². The number of anilines is 1. The predicted octanol–water partition coefficient (Wildman–Crippen LogP) is 3.59. The second kappa shape index (κ2) is 8.87. The Morgan fingerprint density at radius 2 is 1.92 bits per heavy atom. The molecule has 0 aliphatic carbocycles. The van der Waals surface area contributed by atoms with E-state index < -0.39 is 0 Å². The highest BCUT2D eigenvalue weighted by atomic mass is 127. The number of nitrogens with one attached hydrogen (secondary N) is 2. The Hall–Kier alpha value is -1.05. The number of pyridine rings is 1. The predicted molar refractivity (Wildman–Crippen MR) is 113 cm³/mol. The van der Waals surface area contributed by atoms with Gasteiger partial charge in [0.1, 0.15) is 5.82 Å². The first kappa shape index (κ1) is 21.0. The number of rotatable bonds is 6. The average molecular weight is 445 g/mol. The topological polar surface area (TPSA) is 52.6 Å². The molecule has 0 radical (unpaired) electrons. The first-order chi connectivity index (χ1) is 10.9. The van der Waals surface area contributed by atoms with Gasteiger partial charge in [-0.25, -0.2) is 4.98 Å². The van der Waals surface area contributed by atoms with Crippen molar-refractivity contribution in [3.63, 3.8) is 0 Å². The molecule has 136 valence electrons. The number of unbranched alkanes of at least 4 members (excludes halogenated alkanes) is 1. The number of aromatic nitrogens is 1. The Morgan fingerprint density at radius 1 is 1.21 bits per heavy atom. The van der Waals surface area contributed by atoms with Crippen LogP contribution in [0.3, 0.4) is 0 Å². The van der Waals surface area contributed by atoms with E-state index in [9.17, 15) is 0 Å². The molecule has 2 N–H and O–H groups in total. The zero-order chi connectivity index (χ0) is 16.9. The van der Waals surface area contributed by atoms with Crippen molar-refractivity contribution in [2.75, 3.05) is 32.0 Å². The Bertz CT molecular complexity index is 527. The molecule has 1 fully saturated rings. The molecule has 2 heterocycles. The first-order valence-corrected chi connectivity index (χ1v) is 8.52. The molecular weight excluding hydrogens is 413 g/mol. The van der Waals surface area contributed by atoms with Crippen LogP contribution in [0, 0.1) is 5.41 Å². The maximum atomic E-state index is 4.44. The zero-order valence-electron chi connectivity index (χ0n) is 15.6. The van der Waals surface area contributed by atoms with Crippen LogP contribution in [0.25, 0.3) is 0 Å². The maximum absolute atomic E-state index is 4.44. The summed E-state index contributed by atoms with van der Waals surface area (Å²) in [5.41, 5.74) is 0.479. The van der Waals surface area contributed by atoms with E-state index in [1.165, 1.54) is 0 Å². The molecule has 0 saturated carbocycles. The van der Waals surface area contributed by atoms with Crippen LogP contribution in [0.5, 0.6) is 0 Å². The lowest BCUT2D eigenvalue weighted by molar-refractivity contribution is -0.0667. The summed E-state index contributed by atoms with van der Waals surface area (Å²) in [4.78, 5) is 11.1. The molecule has 6 heteroatoms. The molecule has 1 aromatic heterocycles. The smallest absolute Gasteiger partial charge is 0.194 e. The van der Waals surface area contributed by atoms with E-state index in [1.807, 2.05) is 31.4 Å². The van der Waals surface area contributed by atoms with Crippen LogP contribution in [0.1, 0.15) is 40.5 Å². The van der Waals surface area contributed by atoms with E-state index in [2.05, 4.69) is 53.2 Å². The van der Waals surface area contributed by atoms with Crippen molar-refractivity contribution in [1.29, 1.82) is 0 Å². The van der Waals surface area contributed by atoms with Gasteiger partial charge in [0.25, 0.3) is 0 Å². The largest absolute Gasteiger partial charge is 0.370 e. The Morgan fingerprint density at radius 3 is 2.46 bits per heavy atom. The van der Waals surface area contributed by atoms with E-state index in [4.69, 9.17) is 0 Å². The first-order valence-electron chi connectivity index (χ1n) is 8.52. The molecule has 0 bridgehead atoms. The van der Waals surface area contributed by atoms with Crippen molar-refractivity contribution < 1.29 is 0 Å². The molecule has 0 amide bonds. The number of guanidine groups is 1. The fourth-order valence-electron chi connectivity index (χ4n) is 2.83. The van der Waals surface area contributed by atoms with Crippen molar-refractivity contribution in [3.05, 3.63) is 24.4 Å². The number of nitrogens with zero attached hydrogens (tertiary/aromatic N) is 3. The third-order valence-corrected chi connectivity index (χ3v) is 5.21. The second-order valence-electron chi connectivity index (χ2n) is 7.35. The van der Waals surface area contributed by atoms with Crippen molar-refractivity contribution in [1.82, 2.24) is 15.2 Å². The fourth-order valence-corrected chi connectivity index (χ4v) is 2.83. The maximum Gasteiger partial charge on any atom is 0.194 e. The van der Waals surface area contributed by atoms with Crippen molar-refractivity contribution in [2.24, 2.45) is 10.4 Å². The molecule has 0 aromatic carbocycles. The number of aliphatic imine (C=N–C) groups is 1. The average Bonchev–Trinajstić information content (AvgIpc) is 2.53. The normalized spacial score (nSPS) is 18.4. The number of hydrogen-bond acceptors (Lipinski definition) is 3. The van der Waals surface area contributed by atoms with Crippen LogP contribution in [0.15, 0.2) is 29.4 Å². The highest BCUT2D eigenvalue weighted by Crippen LogP contribution is 2.46. The van der Waals surface area contributed by atoms with Gasteiger partial charge in [-0.05, 0) is 38.8 Å². The summed E-state index contributed by atoms with van der Waals surface area (Å²) in [6, 6.07) is 5.92. The molecule has 24 heavy (non-hydrogen) atoms. The van der Waals surface area contributed by atoms with Gasteiger partial charge in [-0.3, -0.25) is 4.99 Å². The van der Waals surface area contributed by atoms with Gasteiger partial charge in [-0.2, -0.15) is 0 Å². The van der Waals surface area contributed by atoms with Gasteiger partial charge in [0.15, 0.2) is 5.96 Å². The minimum absolute atomic E-state index is 0. The van der Waals surface area contributed by atoms with Gasteiger partial charge in [0, 0.05) is 43.8 Å². The highest BCUT2D eigenvalue weighted by molar-refractivity contribution is 14.0. The summed E-state index contributed by atoms with van der Waals surface area (Å²) in [6.45, 7) is 12.2. The van der Waals surface area contributed by atoms with Crippen molar-refractivity contribution >= 4 is 35.8 Å². The Balaban J connectivity index is 0.00000288. The van der Waals surface area contributed by atoms with Crippen LogP contribution >= 0.6 is 24.0 Å². The quantitative estimate of drug-likeness (QED) is 0.304. The third-order valence-electron chi connectivity index (χ3n) is 5.21. The molecule has 1 saturated heterocycles. The number of likely N-dealkylation sites (tertiary alicyclic amines) is 1. The minimum Gasteiger partial charge on any atom is -0.370 e. The van der Waals surface area contributed by atoms with Crippen LogP contribution < -0.4 is 10.6 Å². The SMILES string of the molecule is CN=C(NCCCCNc1ccccn1)N1CC(C)(C)C1(C)C.I. The van der Waals surface area contributed by atoms with Crippen LogP contribution in [0.2, 0.25) is 0 Å². The van der Waals surface area contributed by atoms with Gasteiger partial charge in [0.05, 0.1) is 0 Å². The Kier molecular flexibility index (Phi) is 7.76. The Labute approximate surface area is 163 Å². The van der Waals surface area contributed by atoms with E-state index in [1.54, 1.807) is 0 Å². The molecule has 0 spiro atoms. The molecule has 0 atom stereocenters.